The smallest absolute Gasteiger partial charge is 0.134 e. The van der Waals surface area contributed by atoms with Gasteiger partial charge in [-0.25, -0.2) is 0 Å². The van der Waals surface area contributed by atoms with E-state index >= 15 is 0 Å². The fourth-order valence-electron chi connectivity index (χ4n) is 1.34. The number of rotatable bonds is 7. The first kappa shape index (κ1) is 12.4. The number of thiophene rings is 1. The molecule has 1 aromatic rings. The van der Waals surface area contributed by atoms with Crippen molar-refractivity contribution in [2.75, 3.05) is 6.54 Å². The van der Waals surface area contributed by atoms with E-state index in [0.717, 1.165) is 13.0 Å². The summed E-state index contributed by atoms with van der Waals surface area (Å²) in [5.41, 5.74) is 1.28. The number of Topliss-reactive ketones (excluding diaryl/α,β-unsaturated/α-hetero) is 1. The molecule has 0 aliphatic carbocycles. The van der Waals surface area contributed by atoms with Crippen LogP contribution in [0.4, 0.5) is 0 Å². The van der Waals surface area contributed by atoms with Crippen LogP contribution in [0.3, 0.4) is 0 Å². The topological polar surface area (TPSA) is 29.1 Å². The first-order chi connectivity index (χ1) is 7.18. The number of hydrogen-bond donors (Lipinski definition) is 1. The van der Waals surface area contributed by atoms with E-state index in [1.807, 2.05) is 0 Å². The molecule has 2 nitrogen and oxygen atoms in total. The number of nitrogens with one attached hydrogen (secondary N) is 1. The molecule has 3 heteroatoms. The van der Waals surface area contributed by atoms with Gasteiger partial charge in [0.25, 0.3) is 0 Å². The summed E-state index contributed by atoms with van der Waals surface area (Å²) in [4.78, 5) is 11.5. The molecular formula is C12H19NOS. The standard InChI is InChI=1S/C12H19NOS/c1-10(2)13-7-5-12(14)4-3-11-6-8-15-9-11/h6,8-10,13H,3-5,7H2,1-2H3. The minimum Gasteiger partial charge on any atom is -0.314 e. The maximum Gasteiger partial charge on any atom is 0.134 e. The molecule has 0 spiro atoms. The van der Waals surface area contributed by atoms with Crippen molar-refractivity contribution in [2.45, 2.75) is 39.2 Å². The summed E-state index contributed by atoms with van der Waals surface area (Å²) in [6.45, 7) is 4.99. The van der Waals surface area contributed by atoms with Gasteiger partial charge in [0.15, 0.2) is 0 Å². The van der Waals surface area contributed by atoms with E-state index in [2.05, 4.69) is 36.0 Å². The lowest BCUT2D eigenvalue weighted by Crippen LogP contribution is -2.25. The molecule has 15 heavy (non-hydrogen) atoms. The molecule has 0 atom stereocenters. The van der Waals surface area contributed by atoms with E-state index < -0.39 is 0 Å². The molecule has 1 rings (SSSR count). The van der Waals surface area contributed by atoms with Gasteiger partial charge in [0, 0.05) is 25.4 Å². The van der Waals surface area contributed by atoms with Crippen LogP contribution < -0.4 is 5.32 Å². The minimum absolute atomic E-state index is 0.356. The quantitative estimate of drug-likeness (QED) is 0.773. The van der Waals surface area contributed by atoms with E-state index in [9.17, 15) is 4.79 Å². The van der Waals surface area contributed by atoms with E-state index in [4.69, 9.17) is 0 Å². The molecule has 0 aliphatic heterocycles. The number of carbonyl (C=O) groups excluding carboxylic acids is 1. The summed E-state index contributed by atoms with van der Waals surface area (Å²) in [6.07, 6.45) is 2.23. The van der Waals surface area contributed by atoms with Gasteiger partial charge < -0.3 is 5.32 Å². The molecule has 0 amide bonds. The van der Waals surface area contributed by atoms with E-state index in [1.54, 1.807) is 11.3 Å². The van der Waals surface area contributed by atoms with Gasteiger partial charge in [0.2, 0.25) is 0 Å². The number of hydrogen-bond acceptors (Lipinski definition) is 3. The summed E-state index contributed by atoms with van der Waals surface area (Å²) < 4.78 is 0. The van der Waals surface area contributed by atoms with Gasteiger partial charge in [-0.3, -0.25) is 4.79 Å². The van der Waals surface area contributed by atoms with E-state index in [0.29, 0.717) is 24.7 Å². The average Bonchev–Trinajstić information content (AvgIpc) is 2.66. The largest absolute Gasteiger partial charge is 0.314 e. The Balaban J connectivity index is 2.09. The summed E-state index contributed by atoms with van der Waals surface area (Å²) in [5, 5.41) is 7.42. The molecular weight excluding hydrogens is 206 g/mol. The van der Waals surface area contributed by atoms with Crippen LogP contribution in [-0.2, 0) is 11.2 Å². The summed E-state index contributed by atoms with van der Waals surface area (Å²) in [5.74, 6) is 0.356. The molecule has 84 valence electrons. The van der Waals surface area contributed by atoms with Crippen molar-refractivity contribution in [1.29, 1.82) is 0 Å². The fourth-order valence-corrected chi connectivity index (χ4v) is 2.05. The predicted molar refractivity (Wildman–Crippen MR) is 65.4 cm³/mol. The molecule has 0 aromatic carbocycles. The van der Waals surface area contributed by atoms with Gasteiger partial charge in [-0.1, -0.05) is 13.8 Å². The van der Waals surface area contributed by atoms with Crippen molar-refractivity contribution in [3.05, 3.63) is 22.4 Å². The molecule has 0 bridgehead atoms. The minimum atomic E-state index is 0.356. The van der Waals surface area contributed by atoms with Gasteiger partial charge in [0.05, 0.1) is 0 Å². The zero-order valence-corrected chi connectivity index (χ0v) is 10.3. The molecule has 0 aliphatic rings. The second-order valence-electron chi connectivity index (χ2n) is 4.03. The van der Waals surface area contributed by atoms with Crippen molar-refractivity contribution in [1.82, 2.24) is 5.32 Å². The SMILES string of the molecule is CC(C)NCCC(=O)CCc1ccsc1. The second kappa shape index (κ2) is 6.75. The highest BCUT2D eigenvalue weighted by atomic mass is 32.1. The zero-order valence-electron chi connectivity index (χ0n) is 9.45. The zero-order chi connectivity index (χ0) is 11.1. The van der Waals surface area contributed by atoms with Crippen LogP contribution in [-0.4, -0.2) is 18.4 Å². The van der Waals surface area contributed by atoms with Gasteiger partial charge >= 0.3 is 0 Å². The third-order valence-corrected chi connectivity index (χ3v) is 2.96. The molecule has 0 radical (unpaired) electrons. The normalized spacial score (nSPS) is 10.9. The highest BCUT2D eigenvalue weighted by Crippen LogP contribution is 2.08. The Bertz CT molecular complexity index is 280. The first-order valence-electron chi connectivity index (χ1n) is 5.44. The van der Waals surface area contributed by atoms with E-state index in [-0.39, 0.29) is 0 Å². The second-order valence-corrected chi connectivity index (χ2v) is 4.81. The van der Waals surface area contributed by atoms with Crippen LogP contribution in [0, 0.1) is 0 Å². The lowest BCUT2D eigenvalue weighted by Gasteiger charge is -2.06. The molecule has 1 N–H and O–H groups in total. The molecule has 0 fully saturated rings. The summed E-state index contributed by atoms with van der Waals surface area (Å²) in [6, 6.07) is 2.55. The molecule has 1 heterocycles. The Labute approximate surface area is 95.7 Å². The Hall–Kier alpha value is -0.670. The molecule has 0 unspecified atom stereocenters. The van der Waals surface area contributed by atoms with Crippen molar-refractivity contribution in [3.63, 3.8) is 0 Å². The number of carbonyl (C=O) groups is 1. The van der Waals surface area contributed by atoms with Gasteiger partial charge in [-0.15, -0.1) is 0 Å². The first-order valence-corrected chi connectivity index (χ1v) is 6.39. The number of ketones is 1. The summed E-state index contributed by atoms with van der Waals surface area (Å²) in [7, 11) is 0. The monoisotopic (exact) mass is 225 g/mol. The van der Waals surface area contributed by atoms with Crippen LogP contribution in [0.25, 0.3) is 0 Å². The molecule has 0 saturated heterocycles. The Morgan fingerprint density at radius 3 is 2.87 bits per heavy atom. The van der Waals surface area contributed by atoms with Crippen LogP contribution in [0.2, 0.25) is 0 Å². The Morgan fingerprint density at radius 2 is 2.27 bits per heavy atom. The van der Waals surface area contributed by atoms with Gasteiger partial charge in [-0.05, 0) is 28.8 Å². The maximum atomic E-state index is 11.5. The van der Waals surface area contributed by atoms with Crippen LogP contribution in [0.15, 0.2) is 16.8 Å². The highest BCUT2D eigenvalue weighted by Gasteiger charge is 2.03. The van der Waals surface area contributed by atoms with Crippen molar-refractivity contribution in [2.24, 2.45) is 0 Å². The maximum absolute atomic E-state index is 11.5. The lowest BCUT2D eigenvalue weighted by molar-refractivity contribution is -0.118. The van der Waals surface area contributed by atoms with Crippen LogP contribution in [0.1, 0.15) is 32.3 Å². The predicted octanol–water partition coefficient (Wildman–Crippen LogP) is 2.64. The van der Waals surface area contributed by atoms with Crippen molar-refractivity contribution in [3.8, 4) is 0 Å². The van der Waals surface area contributed by atoms with Crippen molar-refractivity contribution >= 4 is 17.1 Å². The van der Waals surface area contributed by atoms with E-state index in [1.165, 1.54) is 5.56 Å². The average molecular weight is 225 g/mol. The number of aryl methyl sites for hydroxylation is 1. The van der Waals surface area contributed by atoms with Crippen LogP contribution in [0.5, 0.6) is 0 Å². The summed E-state index contributed by atoms with van der Waals surface area (Å²) >= 11 is 1.69. The Morgan fingerprint density at radius 1 is 1.47 bits per heavy atom. The van der Waals surface area contributed by atoms with Gasteiger partial charge in [-0.2, -0.15) is 11.3 Å². The lowest BCUT2D eigenvalue weighted by atomic mass is 10.1. The molecule has 0 saturated carbocycles. The van der Waals surface area contributed by atoms with Crippen LogP contribution >= 0.6 is 11.3 Å². The van der Waals surface area contributed by atoms with Crippen molar-refractivity contribution < 1.29 is 4.79 Å². The third-order valence-electron chi connectivity index (χ3n) is 2.23. The third kappa shape index (κ3) is 5.70. The highest BCUT2D eigenvalue weighted by molar-refractivity contribution is 7.07. The van der Waals surface area contributed by atoms with Gasteiger partial charge in [0.1, 0.15) is 5.78 Å². The fraction of sp³-hybridized carbons (Fsp3) is 0.583. The molecule has 1 aromatic heterocycles. The Kier molecular flexibility index (Phi) is 5.58.